The molecule has 1 amide bonds. The van der Waals surface area contributed by atoms with Gasteiger partial charge in [-0.3, -0.25) is 9.20 Å². The maximum atomic E-state index is 13.0. The molecule has 1 saturated carbocycles. The van der Waals surface area contributed by atoms with Crippen molar-refractivity contribution in [3.8, 4) is 0 Å². The van der Waals surface area contributed by atoms with Crippen LogP contribution in [0.1, 0.15) is 41.7 Å². The zero-order valence-corrected chi connectivity index (χ0v) is 17.7. The fourth-order valence-corrected chi connectivity index (χ4v) is 4.89. The average molecular weight is 459 g/mol. The highest BCUT2D eigenvalue weighted by Gasteiger charge is 2.34. The molecule has 6 nitrogen and oxygen atoms in total. The monoisotopic (exact) mass is 459 g/mol. The molecule has 1 aliphatic rings. The predicted molar refractivity (Wildman–Crippen MR) is 117 cm³/mol. The molecule has 4 aromatic rings. The van der Waals surface area contributed by atoms with Crippen LogP contribution in [0.15, 0.2) is 48.1 Å². The van der Waals surface area contributed by atoms with Gasteiger partial charge in [0.2, 0.25) is 0 Å². The van der Waals surface area contributed by atoms with E-state index in [9.17, 15) is 18.0 Å². The number of nitrogens with zero attached hydrogens (tertiary/aromatic N) is 3. The number of para-hydroxylation sites is 1. The van der Waals surface area contributed by atoms with Crippen molar-refractivity contribution in [1.29, 1.82) is 0 Å². The lowest BCUT2D eigenvalue weighted by atomic mass is 9.91. The quantitative estimate of drug-likeness (QED) is 0.445. The first kappa shape index (κ1) is 20.7. The molecule has 3 heterocycles. The summed E-state index contributed by atoms with van der Waals surface area (Å²) in [5.74, 6) is 0.453. The minimum absolute atomic E-state index is 0.0512. The van der Waals surface area contributed by atoms with E-state index in [2.05, 4.69) is 20.6 Å². The summed E-state index contributed by atoms with van der Waals surface area (Å²) >= 11 is 1.50. The van der Waals surface area contributed by atoms with Crippen LogP contribution in [0.5, 0.6) is 0 Å². The lowest BCUT2D eigenvalue weighted by Gasteiger charge is -2.30. The van der Waals surface area contributed by atoms with Gasteiger partial charge in [-0.2, -0.15) is 13.2 Å². The molecule has 0 atom stereocenters. The van der Waals surface area contributed by atoms with E-state index >= 15 is 0 Å². The zero-order chi connectivity index (χ0) is 22.3. The Hall–Kier alpha value is -3.14. The van der Waals surface area contributed by atoms with Crippen LogP contribution < -0.4 is 10.6 Å². The number of thiazole rings is 1. The largest absolute Gasteiger partial charge is 0.434 e. The van der Waals surface area contributed by atoms with Crippen LogP contribution in [0.25, 0.3) is 15.9 Å². The number of pyridine rings is 1. The third-order valence-corrected chi connectivity index (χ3v) is 6.60. The van der Waals surface area contributed by atoms with Crippen molar-refractivity contribution in [1.82, 2.24) is 19.7 Å². The fraction of sp³-hybridized carbons (Fsp3) is 0.318. The Morgan fingerprint density at radius 3 is 2.59 bits per heavy atom. The lowest BCUT2D eigenvalue weighted by Crippen LogP contribution is -2.40. The summed E-state index contributed by atoms with van der Waals surface area (Å²) in [6.07, 6.45) is -0.314. The van der Waals surface area contributed by atoms with Gasteiger partial charge in [0.15, 0.2) is 5.69 Å². The van der Waals surface area contributed by atoms with Crippen molar-refractivity contribution in [2.75, 3.05) is 5.32 Å². The van der Waals surface area contributed by atoms with Gasteiger partial charge in [0.25, 0.3) is 5.91 Å². The molecule has 0 aliphatic heterocycles. The average Bonchev–Trinajstić information content (AvgIpc) is 3.42. The third kappa shape index (κ3) is 4.02. The highest BCUT2D eigenvalue weighted by Crippen LogP contribution is 2.30. The molecular formula is C22H20F3N5OS. The second kappa shape index (κ2) is 8.09. The summed E-state index contributed by atoms with van der Waals surface area (Å²) in [6.45, 7) is 0. The first-order valence-electron chi connectivity index (χ1n) is 10.3. The second-order valence-electron chi connectivity index (χ2n) is 7.93. The van der Waals surface area contributed by atoms with Gasteiger partial charge in [-0.1, -0.05) is 12.1 Å². The van der Waals surface area contributed by atoms with Gasteiger partial charge in [-0.05, 0) is 49.9 Å². The maximum Gasteiger partial charge on any atom is 0.434 e. The van der Waals surface area contributed by atoms with Gasteiger partial charge in [-0.25, -0.2) is 9.97 Å². The van der Waals surface area contributed by atoms with Crippen molar-refractivity contribution in [3.63, 3.8) is 0 Å². The minimum atomic E-state index is -4.48. The number of nitrogens with one attached hydrogen (secondary N) is 2. The Kier molecular flexibility index (Phi) is 5.24. The molecule has 0 radical (unpaired) electrons. The van der Waals surface area contributed by atoms with Crippen LogP contribution in [0, 0.1) is 0 Å². The highest BCUT2D eigenvalue weighted by molar-refractivity contribution is 7.16. The Morgan fingerprint density at radius 1 is 1.06 bits per heavy atom. The van der Waals surface area contributed by atoms with E-state index in [1.165, 1.54) is 15.7 Å². The lowest BCUT2D eigenvalue weighted by molar-refractivity contribution is -0.140. The SMILES string of the molecule is O=C(NC1CCC(Nc2cccc3nc(C(F)(F)F)cn23)CC1)c1cccc2scnc12. The number of amides is 1. The van der Waals surface area contributed by atoms with E-state index < -0.39 is 11.9 Å². The number of fused-ring (bicyclic) bond motifs is 2. The summed E-state index contributed by atoms with van der Waals surface area (Å²) in [7, 11) is 0. The number of alkyl halides is 3. The van der Waals surface area contributed by atoms with Crippen LogP contribution >= 0.6 is 11.3 Å². The minimum Gasteiger partial charge on any atom is -0.368 e. The number of hydrogen-bond acceptors (Lipinski definition) is 5. The fourth-order valence-electron chi connectivity index (χ4n) is 4.19. The normalized spacial score (nSPS) is 19.3. The summed E-state index contributed by atoms with van der Waals surface area (Å²) < 4.78 is 41.5. The molecule has 0 spiro atoms. The van der Waals surface area contributed by atoms with Gasteiger partial charge in [0.05, 0.1) is 21.3 Å². The van der Waals surface area contributed by atoms with Crippen LogP contribution in [-0.4, -0.2) is 32.4 Å². The molecule has 3 aromatic heterocycles. The van der Waals surface area contributed by atoms with E-state index in [0.29, 0.717) is 11.4 Å². The van der Waals surface area contributed by atoms with Crippen LogP contribution in [-0.2, 0) is 6.18 Å². The molecule has 0 saturated heterocycles. The van der Waals surface area contributed by atoms with Crippen LogP contribution in [0.2, 0.25) is 0 Å². The van der Waals surface area contributed by atoms with Gasteiger partial charge in [0, 0.05) is 18.3 Å². The molecular weight excluding hydrogens is 439 g/mol. The predicted octanol–water partition coefficient (Wildman–Crippen LogP) is 5.12. The number of aromatic nitrogens is 3. The number of hydrogen-bond donors (Lipinski definition) is 2. The summed E-state index contributed by atoms with van der Waals surface area (Å²) in [6, 6.07) is 10.7. The molecule has 32 heavy (non-hydrogen) atoms. The first-order valence-corrected chi connectivity index (χ1v) is 11.2. The molecule has 0 bridgehead atoms. The molecule has 10 heteroatoms. The Labute approximate surface area is 185 Å². The third-order valence-electron chi connectivity index (χ3n) is 5.80. The van der Waals surface area contributed by atoms with E-state index in [1.54, 1.807) is 29.8 Å². The molecule has 5 rings (SSSR count). The number of rotatable bonds is 4. The van der Waals surface area contributed by atoms with Gasteiger partial charge >= 0.3 is 6.18 Å². The number of imidazole rings is 1. The summed E-state index contributed by atoms with van der Waals surface area (Å²) in [4.78, 5) is 20.7. The molecule has 1 fully saturated rings. The zero-order valence-electron chi connectivity index (χ0n) is 16.9. The number of benzene rings is 1. The maximum absolute atomic E-state index is 13.0. The van der Waals surface area contributed by atoms with Gasteiger partial charge in [0.1, 0.15) is 11.5 Å². The van der Waals surface area contributed by atoms with Gasteiger partial charge in [-0.15, -0.1) is 11.3 Å². The smallest absolute Gasteiger partial charge is 0.368 e. The Morgan fingerprint density at radius 2 is 1.81 bits per heavy atom. The first-order chi connectivity index (χ1) is 15.4. The Balaban J connectivity index is 1.22. The number of carbonyl (C=O) groups excluding carboxylic acids is 1. The van der Waals surface area contributed by atoms with Crippen LogP contribution in [0.3, 0.4) is 0 Å². The molecule has 1 aliphatic carbocycles. The van der Waals surface area contributed by atoms with E-state index in [4.69, 9.17) is 0 Å². The second-order valence-corrected chi connectivity index (χ2v) is 8.82. The molecule has 1 aromatic carbocycles. The summed E-state index contributed by atoms with van der Waals surface area (Å²) in [5, 5.41) is 6.46. The number of carbonyl (C=O) groups is 1. The van der Waals surface area contributed by atoms with Gasteiger partial charge < -0.3 is 10.6 Å². The topological polar surface area (TPSA) is 71.3 Å². The number of halogens is 3. The van der Waals surface area contributed by atoms with E-state index in [0.717, 1.165) is 42.1 Å². The summed E-state index contributed by atoms with van der Waals surface area (Å²) in [5.41, 5.74) is 2.37. The molecule has 166 valence electrons. The molecule has 2 N–H and O–H groups in total. The van der Waals surface area contributed by atoms with Crippen molar-refractivity contribution in [2.45, 2.75) is 43.9 Å². The number of anilines is 1. The molecule has 0 unspecified atom stereocenters. The van der Waals surface area contributed by atoms with Crippen LogP contribution in [0.4, 0.5) is 19.0 Å². The van der Waals surface area contributed by atoms with Crippen molar-refractivity contribution in [2.24, 2.45) is 0 Å². The van der Waals surface area contributed by atoms with E-state index in [1.807, 2.05) is 12.1 Å². The van der Waals surface area contributed by atoms with Crippen molar-refractivity contribution in [3.05, 3.63) is 59.4 Å². The van der Waals surface area contributed by atoms with Crippen molar-refractivity contribution >= 4 is 38.9 Å². The Bertz CT molecular complexity index is 1270. The van der Waals surface area contributed by atoms with Crippen molar-refractivity contribution < 1.29 is 18.0 Å². The standard InChI is InChI=1S/C22H20F3N5OS/c23-22(24,25)17-11-30-18(5-2-6-19(30)29-17)27-13-7-9-14(10-8-13)28-21(31)15-3-1-4-16-20(15)26-12-32-16/h1-6,11-14,27H,7-10H2,(H,28,31). The van der Waals surface area contributed by atoms with E-state index in [-0.39, 0.29) is 23.6 Å². The highest BCUT2D eigenvalue weighted by atomic mass is 32.1.